The highest BCUT2D eigenvalue weighted by Crippen LogP contribution is 2.29. The average Bonchev–Trinajstić information content (AvgIpc) is 2.86. The van der Waals surface area contributed by atoms with E-state index in [1.54, 1.807) is 0 Å². The standard InChI is InChI=1S/C11H10ClFN4O3S/c12-8-4-7(13)5-14-10(8)16-21(18,19)9-6-15-17-2-1-3-20-11(9)17/h4-6H,1-3H2,(H,14,16). The van der Waals surface area contributed by atoms with Gasteiger partial charge >= 0.3 is 0 Å². The van der Waals surface area contributed by atoms with Gasteiger partial charge in [-0.3, -0.25) is 4.72 Å². The van der Waals surface area contributed by atoms with Crippen LogP contribution in [0.15, 0.2) is 23.4 Å². The third-order valence-electron chi connectivity index (χ3n) is 2.84. The first-order valence-electron chi connectivity index (χ1n) is 6.00. The molecule has 2 aromatic heterocycles. The molecule has 7 nitrogen and oxygen atoms in total. The number of aromatic nitrogens is 3. The van der Waals surface area contributed by atoms with E-state index in [1.807, 2.05) is 0 Å². The molecule has 0 unspecified atom stereocenters. The van der Waals surface area contributed by atoms with Crippen LogP contribution in [0.2, 0.25) is 5.02 Å². The minimum atomic E-state index is -3.97. The highest BCUT2D eigenvalue weighted by atomic mass is 35.5. The predicted molar refractivity (Wildman–Crippen MR) is 72.4 cm³/mol. The molecule has 0 spiro atoms. The van der Waals surface area contributed by atoms with Crippen molar-refractivity contribution in [1.29, 1.82) is 0 Å². The zero-order chi connectivity index (χ0) is 15.0. The summed E-state index contributed by atoms with van der Waals surface area (Å²) in [5, 5.41) is 3.82. The van der Waals surface area contributed by atoms with Gasteiger partial charge in [0.1, 0.15) is 5.82 Å². The molecule has 0 saturated carbocycles. The van der Waals surface area contributed by atoms with Gasteiger partial charge in [0.05, 0.1) is 24.0 Å². The van der Waals surface area contributed by atoms with E-state index in [2.05, 4.69) is 14.8 Å². The summed E-state index contributed by atoms with van der Waals surface area (Å²) >= 11 is 5.76. The first kappa shape index (κ1) is 14.1. The monoisotopic (exact) mass is 332 g/mol. The van der Waals surface area contributed by atoms with Crippen LogP contribution in [0.1, 0.15) is 6.42 Å². The molecular formula is C11H10ClFN4O3S. The fourth-order valence-electron chi connectivity index (χ4n) is 1.90. The Morgan fingerprint density at radius 1 is 1.43 bits per heavy atom. The number of anilines is 1. The van der Waals surface area contributed by atoms with Gasteiger partial charge in [-0.15, -0.1) is 0 Å². The number of hydrogen-bond acceptors (Lipinski definition) is 5. The van der Waals surface area contributed by atoms with E-state index < -0.39 is 15.8 Å². The Hall–Kier alpha value is -1.87. The highest BCUT2D eigenvalue weighted by molar-refractivity contribution is 7.92. The van der Waals surface area contributed by atoms with Gasteiger partial charge in [0.2, 0.25) is 5.88 Å². The molecule has 0 aromatic carbocycles. The fourth-order valence-corrected chi connectivity index (χ4v) is 3.26. The van der Waals surface area contributed by atoms with Crippen molar-refractivity contribution < 1.29 is 17.5 Å². The number of aryl methyl sites for hydroxylation is 1. The molecule has 1 aliphatic heterocycles. The summed E-state index contributed by atoms with van der Waals surface area (Å²) in [5.41, 5.74) is 0. The molecule has 21 heavy (non-hydrogen) atoms. The number of fused-ring (bicyclic) bond motifs is 1. The van der Waals surface area contributed by atoms with Gasteiger partial charge in [0.25, 0.3) is 10.0 Å². The second-order valence-electron chi connectivity index (χ2n) is 4.33. The summed E-state index contributed by atoms with van der Waals surface area (Å²) in [4.78, 5) is 3.51. The molecule has 1 N–H and O–H groups in total. The normalized spacial score (nSPS) is 14.4. The van der Waals surface area contributed by atoms with Crippen molar-refractivity contribution in [3.63, 3.8) is 0 Å². The van der Waals surface area contributed by atoms with Gasteiger partial charge in [0, 0.05) is 13.0 Å². The molecule has 10 heteroatoms. The Morgan fingerprint density at radius 2 is 2.24 bits per heavy atom. The lowest BCUT2D eigenvalue weighted by molar-refractivity contribution is 0.224. The molecule has 1 aliphatic rings. The lowest BCUT2D eigenvalue weighted by Crippen LogP contribution is -2.19. The Labute approximate surface area is 124 Å². The van der Waals surface area contributed by atoms with E-state index in [1.165, 1.54) is 10.9 Å². The number of rotatable bonds is 3. The summed E-state index contributed by atoms with van der Waals surface area (Å²) in [6.07, 6.45) is 2.82. The second-order valence-corrected chi connectivity index (χ2v) is 6.39. The summed E-state index contributed by atoms with van der Waals surface area (Å²) < 4.78 is 46.6. The SMILES string of the molecule is O=S(=O)(Nc1ncc(F)cc1Cl)c1cnn2c1OCCC2. The molecule has 0 fully saturated rings. The van der Waals surface area contributed by atoms with Crippen LogP contribution in [0.3, 0.4) is 0 Å². The molecule has 112 valence electrons. The number of nitrogens with one attached hydrogen (secondary N) is 1. The van der Waals surface area contributed by atoms with Crippen LogP contribution >= 0.6 is 11.6 Å². The number of nitrogens with zero attached hydrogens (tertiary/aromatic N) is 3. The Bertz CT molecular complexity index is 793. The summed E-state index contributed by atoms with van der Waals surface area (Å²) in [6.45, 7) is 1.00. The fraction of sp³-hybridized carbons (Fsp3) is 0.273. The molecule has 0 saturated heterocycles. The third kappa shape index (κ3) is 2.66. The van der Waals surface area contributed by atoms with Crippen molar-refractivity contribution in [3.8, 4) is 5.88 Å². The molecule has 2 aromatic rings. The Kier molecular flexibility index (Phi) is 3.46. The van der Waals surface area contributed by atoms with E-state index >= 15 is 0 Å². The Balaban J connectivity index is 1.96. The predicted octanol–water partition coefficient (Wildman–Crippen LogP) is 1.65. The number of ether oxygens (including phenoxy) is 1. The number of halogens is 2. The summed E-state index contributed by atoms with van der Waals surface area (Å²) in [7, 11) is -3.97. The molecule has 0 aliphatic carbocycles. The first-order chi connectivity index (χ1) is 9.97. The maximum atomic E-state index is 12.9. The zero-order valence-corrected chi connectivity index (χ0v) is 12.2. The smallest absolute Gasteiger partial charge is 0.270 e. The van der Waals surface area contributed by atoms with Gasteiger partial charge in [-0.2, -0.15) is 5.10 Å². The molecule has 3 heterocycles. The van der Waals surface area contributed by atoms with Crippen molar-refractivity contribution in [2.75, 3.05) is 11.3 Å². The summed E-state index contributed by atoms with van der Waals surface area (Å²) in [6, 6.07) is 0.969. The first-order valence-corrected chi connectivity index (χ1v) is 7.86. The van der Waals surface area contributed by atoms with Crippen LogP contribution in [0, 0.1) is 5.82 Å². The zero-order valence-electron chi connectivity index (χ0n) is 10.6. The largest absolute Gasteiger partial charge is 0.477 e. The van der Waals surface area contributed by atoms with Crippen molar-refractivity contribution in [1.82, 2.24) is 14.8 Å². The highest BCUT2D eigenvalue weighted by Gasteiger charge is 2.27. The van der Waals surface area contributed by atoms with Gasteiger partial charge in [-0.25, -0.2) is 22.5 Å². The van der Waals surface area contributed by atoms with Crippen molar-refractivity contribution in [2.45, 2.75) is 17.9 Å². The molecular weight excluding hydrogens is 323 g/mol. The molecule has 0 bridgehead atoms. The van der Waals surface area contributed by atoms with Crippen LogP contribution in [-0.2, 0) is 16.6 Å². The molecule has 0 amide bonds. The lowest BCUT2D eigenvalue weighted by atomic mass is 10.4. The van der Waals surface area contributed by atoms with Gasteiger partial charge < -0.3 is 4.74 Å². The maximum Gasteiger partial charge on any atom is 0.270 e. The Morgan fingerprint density at radius 3 is 3.00 bits per heavy atom. The van der Waals surface area contributed by atoms with Gasteiger partial charge in [0.15, 0.2) is 10.7 Å². The molecule has 0 radical (unpaired) electrons. The van der Waals surface area contributed by atoms with E-state index in [-0.39, 0.29) is 21.6 Å². The average molecular weight is 333 g/mol. The van der Waals surface area contributed by atoms with Crippen LogP contribution in [0.5, 0.6) is 5.88 Å². The summed E-state index contributed by atoms with van der Waals surface area (Å²) in [5.74, 6) is -0.644. The topological polar surface area (TPSA) is 86.1 Å². The van der Waals surface area contributed by atoms with Crippen molar-refractivity contribution in [3.05, 3.63) is 29.3 Å². The van der Waals surface area contributed by atoms with Gasteiger partial charge in [-0.1, -0.05) is 11.6 Å². The molecule has 0 atom stereocenters. The number of hydrogen-bond donors (Lipinski definition) is 1. The van der Waals surface area contributed by atoms with Crippen LogP contribution < -0.4 is 9.46 Å². The van der Waals surface area contributed by atoms with E-state index in [0.29, 0.717) is 13.2 Å². The second kappa shape index (κ2) is 5.15. The van der Waals surface area contributed by atoms with E-state index in [0.717, 1.165) is 18.7 Å². The van der Waals surface area contributed by atoms with E-state index in [4.69, 9.17) is 16.3 Å². The minimum absolute atomic E-state index is 0.107. The van der Waals surface area contributed by atoms with E-state index in [9.17, 15) is 12.8 Å². The quantitative estimate of drug-likeness (QED) is 0.923. The lowest BCUT2D eigenvalue weighted by Gasteiger charge is -2.16. The minimum Gasteiger partial charge on any atom is -0.477 e. The number of pyridine rings is 1. The van der Waals surface area contributed by atoms with Crippen molar-refractivity contribution >= 4 is 27.4 Å². The van der Waals surface area contributed by atoms with Crippen LogP contribution in [0.4, 0.5) is 10.2 Å². The third-order valence-corrected chi connectivity index (χ3v) is 4.45. The molecule has 3 rings (SSSR count). The number of sulfonamides is 1. The van der Waals surface area contributed by atoms with Crippen LogP contribution in [-0.4, -0.2) is 29.8 Å². The van der Waals surface area contributed by atoms with Gasteiger partial charge in [-0.05, 0) is 6.07 Å². The van der Waals surface area contributed by atoms with Crippen LogP contribution in [0.25, 0.3) is 0 Å². The van der Waals surface area contributed by atoms with Crippen molar-refractivity contribution in [2.24, 2.45) is 0 Å². The maximum absolute atomic E-state index is 12.9.